The van der Waals surface area contributed by atoms with Gasteiger partial charge in [-0.15, -0.1) is 0 Å². The summed E-state index contributed by atoms with van der Waals surface area (Å²) in [4.78, 5) is 3.81. The molecular formula is C13H12BrF3N2. The normalized spacial score (nSPS) is 11.9. The first-order valence-corrected chi connectivity index (χ1v) is 6.40. The van der Waals surface area contributed by atoms with Crippen molar-refractivity contribution in [3.63, 3.8) is 0 Å². The third kappa shape index (κ3) is 2.41. The maximum atomic E-state index is 13.0. The second-order valence-electron chi connectivity index (χ2n) is 4.33. The number of nitrogens with one attached hydrogen (secondary N) is 1. The molecule has 0 saturated carbocycles. The summed E-state index contributed by atoms with van der Waals surface area (Å²) in [6.45, 7) is 3.17. The molecule has 2 rings (SSSR count). The number of hydrogen-bond donors (Lipinski definition) is 1. The molecular weight excluding hydrogens is 321 g/mol. The lowest BCUT2D eigenvalue weighted by Crippen LogP contribution is -2.13. The fourth-order valence-electron chi connectivity index (χ4n) is 2.19. The van der Waals surface area contributed by atoms with Crippen LogP contribution in [0.2, 0.25) is 0 Å². The van der Waals surface area contributed by atoms with Crippen LogP contribution in [-0.2, 0) is 6.18 Å². The predicted octanol–water partition coefficient (Wildman–Crippen LogP) is 4.67. The molecule has 0 aliphatic carbocycles. The van der Waals surface area contributed by atoms with Crippen molar-refractivity contribution in [2.45, 2.75) is 20.0 Å². The standard InChI is InChI=1S/C13H12BrF3N2/c1-6-4-8(14)5-9-10(6)19-12(13(15,16)17)7(2)11(9)18-3/h4-5H,1-3H3,(H,18,19). The van der Waals surface area contributed by atoms with Gasteiger partial charge in [0.1, 0.15) is 5.69 Å². The number of benzene rings is 1. The van der Waals surface area contributed by atoms with Crippen LogP contribution < -0.4 is 5.32 Å². The third-order valence-corrected chi connectivity index (χ3v) is 3.46. The van der Waals surface area contributed by atoms with E-state index in [2.05, 4.69) is 26.2 Å². The number of rotatable bonds is 1. The van der Waals surface area contributed by atoms with E-state index in [-0.39, 0.29) is 5.56 Å². The number of nitrogens with zero attached hydrogens (tertiary/aromatic N) is 1. The van der Waals surface area contributed by atoms with Crippen LogP contribution in [0.1, 0.15) is 16.8 Å². The Morgan fingerprint density at radius 2 is 1.84 bits per heavy atom. The Kier molecular flexibility index (Phi) is 3.47. The minimum atomic E-state index is -4.45. The molecule has 2 aromatic rings. The molecule has 0 unspecified atom stereocenters. The molecule has 19 heavy (non-hydrogen) atoms. The van der Waals surface area contributed by atoms with Crippen molar-refractivity contribution < 1.29 is 13.2 Å². The number of pyridine rings is 1. The molecule has 0 aliphatic heterocycles. The Balaban J connectivity index is 2.95. The first-order valence-electron chi connectivity index (χ1n) is 5.61. The third-order valence-electron chi connectivity index (χ3n) is 3.01. The summed E-state index contributed by atoms with van der Waals surface area (Å²) >= 11 is 3.35. The molecule has 0 atom stereocenters. The van der Waals surface area contributed by atoms with E-state index in [1.165, 1.54) is 6.92 Å². The number of aromatic nitrogens is 1. The number of halogens is 4. The minimum absolute atomic E-state index is 0.111. The van der Waals surface area contributed by atoms with Crippen LogP contribution in [0.3, 0.4) is 0 Å². The lowest BCUT2D eigenvalue weighted by Gasteiger charge is -2.17. The van der Waals surface area contributed by atoms with Crippen molar-refractivity contribution in [2.24, 2.45) is 0 Å². The van der Waals surface area contributed by atoms with Gasteiger partial charge < -0.3 is 5.32 Å². The van der Waals surface area contributed by atoms with Gasteiger partial charge in [0.15, 0.2) is 0 Å². The van der Waals surface area contributed by atoms with Crippen molar-refractivity contribution in [3.8, 4) is 0 Å². The van der Waals surface area contributed by atoms with Crippen LogP contribution in [0.25, 0.3) is 10.9 Å². The monoisotopic (exact) mass is 332 g/mol. The molecule has 1 heterocycles. The van der Waals surface area contributed by atoms with E-state index in [0.29, 0.717) is 22.2 Å². The van der Waals surface area contributed by atoms with Crippen molar-refractivity contribution in [3.05, 3.63) is 33.4 Å². The van der Waals surface area contributed by atoms with E-state index in [1.807, 2.05) is 0 Å². The number of aryl methyl sites for hydroxylation is 1. The molecule has 6 heteroatoms. The maximum absolute atomic E-state index is 13.0. The van der Waals surface area contributed by atoms with Gasteiger partial charge in [0.25, 0.3) is 0 Å². The van der Waals surface area contributed by atoms with Gasteiger partial charge >= 0.3 is 6.18 Å². The molecule has 0 aliphatic rings. The van der Waals surface area contributed by atoms with Gasteiger partial charge in [-0.2, -0.15) is 13.2 Å². The van der Waals surface area contributed by atoms with E-state index in [4.69, 9.17) is 0 Å². The first-order chi connectivity index (χ1) is 8.75. The number of alkyl halides is 3. The Morgan fingerprint density at radius 1 is 1.21 bits per heavy atom. The summed E-state index contributed by atoms with van der Waals surface area (Å²) in [5, 5.41) is 3.52. The Morgan fingerprint density at radius 3 is 2.37 bits per heavy atom. The van der Waals surface area contributed by atoms with Crippen LogP contribution >= 0.6 is 15.9 Å². The Labute approximate surface area is 117 Å². The SMILES string of the molecule is CNc1c(C)c(C(F)(F)F)nc2c(C)cc(Br)cc12. The van der Waals surface area contributed by atoms with Crippen molar-refractivity contribution in [1.82, 2.24) is 4.98 Å². The van der Waals surface area contributed by atoms with Crippen LogP contribution in [0, 0.1) is 13.8 Å². The summed E-state index contributed by atoms with van der Waals surface area (Å²) in [6, 6.07) is 3.53. The molecule has 0 bridgehead atoms. The van der Waals surface area contributed by atoms with Crippen LogP contribution in [0.5, 0.6) is 0 Å². The average molecular weight is 333 g/mol. The molecule has 0 spiro atoms. The molecule has 102 valence electrons. The van der Waals surface area contributed by atoms with Crippen molar-refractivity contribution in [1.29, 1.82) is 0 Å². The van der Waals surface area contributed by atoms with Gasteiger partial charge in [-0.25, -0.2) is 4.98 Å². The number of anilines is 1. The van der Waals surface area contributed by atoms with Gasteiger partial charge in [0.05, 0.1) is 5.52 Å². The molecule has 1 aromatic heterocycles. The van der Waals surface area contributed by atoms with E-state index < -0.39 is 11.9 Å². The fraction of sp³-hybridized carbons (Fsp3) is 0.308. The molecule has 0 saturated heterocycles. The van der Waals surface area contributed by atoms with Crippen LogP contribution in [-0.4, -0.2) is 12.0 Å². The predicted molar refractivity (Wildman–Crippen MR) is 73.5 cm³/mol. The fourth-order valence-corrected chi connectivity index (χ4v) is 2.76. The van der Waals surface area contributed by atoms with E-state index in [0.717, 1.165) is 4.47 Å². The van der Waals surface area contributed by atoms with Gasteiger partial charge in [-0.3, -0.25) is 0 Å². The highest BCUT2D eigenvalue weighted by molar-refractivity contribution is 9.10. The second kappa shape index (κ2) is 4.67. The van der Waals surface area contributed by atoms with Crippen LogP contribution in [0.4, 0.5) is 18.9 Å². The summed E-state index contributed by atoms with van der Waals surface area (Å²) < 4.78 is 39.8. The molecule has 1 N–H and O–H groups in total. The Bertz CT molecular complexity index is 651. The molecule has 1 aromatic carbocycles. The quantitative estimate of drug-likeness (QED) is 0.820. The lowest BCUT2D eigenvalue weighted by molar-refractivity contribution is -0.141. The average Bonchev–Trinajstić information content (AvgIpc) is 2.26. The van der Waals surface area contributed by atoms with E-state index >= 15 is 0 Å². The molecule has 0 amide bonds. The van der Waals surface area contributed by atoms with Crippen molar-refractivity contribution in [2.75, 3.05) is 12.4 Å². The second-order valence-corrected chi connectivity index (χ2v) is 5.24. The van der Waals surface area contributed by atoms with E-state index in [1.54, 1.807) is 26.1 Å². The molecule has 0 fully saturated rings. The lowest BCUT2D eigenvalue weighted by atomic mass is 10.0. The van der Waals surface area contributed by atoms with Gasteiger partial charge in [-0.1, -0.05) is 15.9 Å². The number of fused-ring (bicyclic) bond motifs is 1. The highest BCUT2D eigenvalue weighted by Gasteiger charge is 2.36. The van der Waals surface area contributed by atoms with Crippen molar-refractivity contribution >= 4 is 32.5 Å². The minimum Gasteiger partial charge on any atom is -0.387 e. The van der Waals surface area contributed by atoms with Gasteiger partial charge in [0.2, 0.25) is 0 Å². The summed E-state index contributed by atoms with van der Waals surface area (Å²) in [7, 11) is 1.61. The highest BCUT2D eigenvalue weighted by Crippen LogP contribution is 2.38. The molecule has 0 radical (unpaired) electrons. The summed E-state index contributed by atoms with van der Waals surface area (Å²) in [5.74, 6) is 0. The topological polar surface area (TPSA) is 24.9 Å². The van der Waals surface area contributed by atoms with E-state index in [9.17, 15) is 13.2 Å². The first kappa shape index (κ1) is 14.1. The molecule has 2 nitrogen and oxygen atoms in total. The van der Waals surface area contributed by atoms with Gasteiger partial charge in [0, 0.05) is 28.2 Å². The zero-order valence-electron chi connectivity index (χ0n) is 10.6. The van der Waals surface area contributed by atoms with Gasteiger partial charge in [-0.05, 0) is 31.5 Å². The smallest absolute Gasteiger partial charge is 0.387 e. The largest absolute Gasteiger partial charge is 0.433 e. The van der Waals surface area contributed by atoms with Crippen LogP contribution in [0.15, 0.2) is 16.6 Å². The highest BCUT2D eigenvalue weighted by atomic mass is 79.9. The zero-order valence-corrected chi connectivity index (χ0v) is 12.2. The number of hydrogen-bond acceptors (Lipinski definition) is 2. The summed E-state index contributed by atoms with van der Waals surface area (Å²) in [5.41, 5.74) is 0.799. The summed E-state index contributed by atoms with van der Waals surface area (Å²) in [6.07, 6.45) is -4.45. The zero-order chi connectivity index (χ0) is 14.4. The maximum Gasteiger partial charge on any atom is 0.433 e. The Hall–Kier alpha value is -1.30.